The zero-order valence-corrected chi connectivity index (χ0v) is 9.00. The minimum Gasteiger partial charge on any atom is -0.299 e. The van der Waals surface area contributed by atoms with Crippen LogP contribution in [0.3, 0.4) is 0 Å². The fourth-order valence-electron chi connectivity index (χ4n) is 2.61. The predicted octanol–water partition coefficient (Wildman–Crippen LogP) is 2.05. The number of piperidine rings is 1. The standard InChI is InChI=1S/C12H14N2O2/c15-14(16)12-3-1-9(2-4-12)6-13-7-10-5-11(10)8-13/h1-4,10-11H,5-8H2. The number of benzene rings is 1. The van der Waals surface area contributed by atoms with Gasteiger partial charge < -0.3 is 0 Å². The van der Waals surface area contributed by atoms with Crippen molar-refractivity contribution in [3.63, 3.8) is 0 Å². The lowest BCUT2D eigenvalue weighted by Gasteiger charge is -2.16. The maximum Gasteiger partial charge on any atom is 0.269 e. The second-order valence-corrected chi connectivity index (χ2v) is 4.87. The maximum atomic E-state index is 10.5. The number of non-ortho nitro benzene ring substituents is 1. The third kappa shape index (κ3) is 1.80. The van der Waals surface area contributed by atoms with Gasteiger partial charge in [-0.15, -0.1) is 0 Å². The summed E-state index contributed by atoms with van der Waals surface area (Å²) in [6.07, 6.45) is 1.41. The highest BCUT2D eigenvalue weighted by atomic mass is 16.6. The van der Waals surface area contributed by atoms with E-state index in [1.54, 1.807) is 12.1 Å². The molecule has 3 rings (SSSR count). The van der Waals surface area contributed by atoms with E-state index in [1.165, 1.54) is 25.1 Å². The zero-order valence-electron chi connectivity index (χ0n) is 9.00. The second kappa shape index (κ2) is 3.56. The number of nitrogens with zero attached hydrogens (tertiary/aromatic N) is 2. The van der Waals surface area contributed by atoms with Gasteiger partial charge in [0.05, 0.1) is 4.92 Å². The zero-order chi connectivity index (χ0) is 11.1. The van der Waals surface area contributed by atoms with E-state index in [-0.39, 0.29) is 10.6 Å². The van der Waals surface area contributed by atoms with Crippen molar-refractivity contribution < 1.29 is 4.92 Å². The quantitative estimate of drug-likeness (QED) is 0.576. The molecule has 2 aliphatic rings. The van der Waals surface area contributed by atoms with Crippen LogP contribution in [0.1, 0.15) is 12.0 Å². The highest BCUT2D eigenvalue weighted by Gasteiger charge is 2.44. The van der Waals surface area contributed by atoms with Crippen molar-refractivity contribution in [2.45, 2.75) is 13.0 Å². The third-order valence-electron chi connectivity index (χ3n) is 3.61. The molecule has 2 atom stereocenters. The van der Waals surface area contributed by atoms with Crippen molar-refractivity contribution in [1.82, 2.24) is 4.90 Å². The number of nitro groups is 1. The van der Waals surface area contributed by atoms with Crippen LogP contribution < -0.4 is 0 Å². The summed E-state index contributed by atoms with van der Waals surface area (Å²) in [5, 5.41) is 10.5. The van der Waals surface area contributed by atoms with E-state index >= 15 is 0 Å². The van der Waals surface area contributed by atoms with Crippen molar-refractivity contribution in [1.29, 1.82) is 0 Å². The number of rotatable bonds is 3. The van der Waals surface area contributed by atoms with Crippen LogP contribution in [-0.4, -0.2) is 22.9 Å². The Morgan fingerprint density at radius 2 is 1.88 bits per heavy atom. The molecule has 0 radical (unpaired) electrons. The SMILES string of the molecule is O=[N+]([O-])c1ccc(CN2CC3CC3C2)cc1. The molecule has 1 aromatic rings. The van der Waals surface area contributed by atoms with Crippen molar-refractivity contribution in [2.75, 3.05) is 13.1 Å². The summed E-state index contributed by atoms with van der Waals surface area (Å²) < 4.78 is 0. The van der Waals surface area contributed by atoms with Gasteiger partial charge >= 0.3 is 0 Å². The summed E-state index contributed by atoms with van der Waals surface area (Å²) >= 11 is 0. The maximum absolute atomic E-state index is 10.5. The molecule has 4 nitrogen and oxygen atoms in total. The first-order valence-corrected chi connectivity index (χ1v) is 5.68. The van der Waals surface area contributed by atoms with Crippen LogP contribution in [0, 0.1) is 22.0 Å². The van der Waals surface area contributed by atoms with E-state index in [0.29, 0.717) is 0 Å². The topological polar surface area (TPSA) is 46.4 Å². The van der Waals surface area contributed by atoms with E-state index in [1.807, 2.05) is 12.1 Å². The molecule has 2 unspecified atom stereocenters. The summed E-state index contributed by atoms with van der Waals surface area (Å²) in [7, 11) is 0. The van der Waals surface area contributed by atoms with E-state index < -0.39 is 0 Å². The molecular formula is C12H14N2O2. The molecule has 1 heterocycles. The molecule has 1 saturated heterocycles. The molecular weight excluding hydrogens is 204 g/mol. The lowest BCUT2D eigenvalue weighted by molar-refractivity contribution is -0.384. The van der Waals surface area contributed by atoms with E-state index in [0.717, 1.165) is 18.4 Å². The second-order valence-electron chi connectivity index (χ2n) is 4.87. The molecule has 2 fully saturated rings. The summed E-state index contributed by atoms with van der Waals surface area (Å²) in [5.41, 5.74) is 1.35. The minimum atomic E-state index is -0.352. The summed E-state index contributed by atoms with van der Waals surface area (Å²) in [4.78, 5) is 12.6. The van der Waals surface area contributed by atoms with Crippen molar-refractivity contribution >= 4 is 5.69 Å². The van der Waals surface area contributed by atoms with Gasteiger partial charge in [-0.1, -0.05) is 12.1 Å². The van der Waals surface area contributed by atoms with Crippen molar-refractivity contribution in [2.24, 2.45) is 11.8 Å². The van der Waals surface area contributed by atoms with Gasteiger partial charge in [-0.05, 0) is 23.8 Å². The molecule has 0 aromatic heterocycles. The summed E-state index contributed by atoms with van der Waals surface area (Å²) in [5.74, 6) is 1.89. The molecule has 1 aliphatic carbocycles. The largest absolute Gasteiger partial charge is 0.299 e. The van der Waals surface area contributed by atoms with Crippen LogP contribution in [0.4, 0.5) is 5.69 Å². The average Bonchev–Trinajstić information content (AvgIpc) is 2.87. The predicted molar refractivity (Wildman–Crippen MR) is 60.0 cm³/mol. The highest BCUT2D eigenvalue weighted by Crippen LogP contribution is 2.45. The molecule has 16 heavy (non-hydrogen) atoms. The molecule has 0 bridgehead atoms. The summed E-state index contributed by atoms with van der Waals surface area (Å²) in [6, 6.07) is 6.91. The summed E-state index contributed by atoms with van der Waals surface area (Å²) in [6.45, 7) is 3.36. The van der Waals surface area contributed by atoms with Gasteiger partial charge in [0.25, 0.3) is 5.69 Å². The Balaban J connectivity index is 1.64. The fourth-order valence-corrected chi connectivity index (χ4v) is 2.61. The van der Waals surface area contributed by atoms with Gasteiger partial charge in [0.15, 0.2) is 0 Å². The molecule has 1 aliphatic heterocycles. The van der Waals surface area contributed by atoms with Gasteiger partial charge in [0.1, 0.15) is 0 Å². The van der Waals surface area contributed by atoms with Crippen LogP contribution in [0.5, 0.6) is 0 Å². The van der Waals surface area contributed by atoms with Crippen LogP contribution in [0.2, 0.25) is 0 Å². The normalized spacial score (nSPS) is 27.8. The number of hydrogen-bond donors (Lipinski definition) is 0. The fraction of sp³-hybridized carbons (Fsp3) is 0.500. The van der Waals surface area contributed by atoms with E-state index in [2.05, 4.69) is 4.90 Å². The molecule has 0 spiro atoms. The first kappa shape index (κ1) is 9.78. The van der Waals surface area contributed by atoms with Gasteiger partial charge in [-0.3, -0.25) is 15.0 Å². The third-order valence-corrected chi connectivity index (χ3v) is 3.61. The Labute approximate surface area is 94.0 Å². The Morgan fingerprint density at radius 3 is 2.44 bits per heavy atom. The molecule has 1 saturated carbocycles. The Morgan fingerprint density at radius 1 is 1.25 bits per heavy atom. The Bertz CT molecular complexity index is 406. The number of hydrogen-bond acceptors (Lipinski definition) is 3. The molecule has 1 aromatic carbocycles. The average molecular weight is 218 g/mol. The molecule has 0 N–H and O–H groups in total. The lowest BCUT2D eigenvalue weighted by atomic mass is 10.2. The van der Waals surface area contributed by atoms with E-state index in [4.69, 9.17) is 0 Å². The first-order valence-electron chi connectivity index (χ1n) is 5.68. The first-order chi connectivity index (χ1) is 7.72. The highest BCUT2D eigenvalue weighted by molar-refractivity contribution is 5.32. The van der Waals surface area contributed by atoms with Gasteiger partial charge in [0, 0.05) is 31.8 Å². The van der Waals surface area contributed by atoms with Crippen LogP contribution in [0.15, 0.2) is 24.3 Å². The monoisotopic (exact) mass is 218 g/mol. The number of likely N-dealkylation sites (tertiary alicyclic amines) is 1. The Hall–Kier alpha value is -1.42. The number of nitro benzene ring substituents is 1. The molecule has 0 amide bonds. The van der Waals surface area contributed by atoms with Crippen molar-refractivity contribution in [3.05, 3.63) is 39.9 Å². The van der Waals surface area contributed by atoms with Gasteiger partial charge in [0.2, 0.25) is 0 Å². The lowest BCUT2D eigenvalue weighted by Crippen LogP contribution is -2.21. The van der Waals surface area contributed by atoms with Crippen LogP contribution in [-0.2, 0) is 6.54 Å². The van der Waals surface area contributed by atoms with Crippen LogP contribution in [0.25, 0.3) is 0 Å². The van der Waals surface area contributed by atoms with Crippen LogP contribution >= 0.6 is 0 Å². The molecule has 84 valence electrons. The van der Waals surface area contributed by atoms with E-state index in [9.17, 15) is 10.1 Å². The minimum absolute atomic E-state index is 0.174. The van der Waals surface area contributed by atoms with Gasteiger partial charge in [-0.2, -0.15) is 0 Å². The van der Waals surface area contributed by atoms with Gasteiger partial charge in [-0.25, -0.2) is 0 Å². The van der Waals surface area contributed by atoms with Crippen molar-refractivity contribution in [3.8, 4) is 0 Å². The smallest absolute Gasteiger partial charge is 0.269 e. The Kier molecular flexibility index (Phi) is 2.17. The molecule has 4 heteroatoms. The number of fused-ring (bicyclic) bond motifs is 1.